The lowest BCUT2D eigenvalue weighted by atomic mass is 9.96. The number of aryl methyl sites for hydroxylation is 3. The molecule has 6 nitrogen and oxygen atoms in total. The Bertz CT molecular complexity index is 1500. The number of nitrogens with zero attached hydrogens (tertiary/aromatic N) is 3. The van der Waals surface area contributed by atoms with E-state index in [0.29, 0.717) is 20.8 Å². The third-order valence-electron chi connectivity index (χ3n) is 6.08. The highest BCUT2D eigenvalue weighted by Crippen LogP contribution is 2.37. The van der Waals surface area contributed by atoms with Gasteiger partial charge < -0.3 is 5.32 Å². The minimum Gasteiger partial charge on any atom is -0.315 e. The molecule has 1 aliphatic rings. The van der Waals surface area contributed by atoms with Gasteiger partial charge in [-0.15, -0.1) is 22.7 Å². The summed E-state index contributed by atoms with van der Waals surface area (Å²) in [5.74, 6) is -0.336. The largest absolute Gasteiger partial charge is 0.315 e. The van der Waals surface area contributed by atoms with E-state index in [1.807, 2.05) is 31.4 Å². The fraction of sp³-hybridized carbons (Fsp3) is 0.280. The van der Waals surface area contributed by atoms with E-state index < -0.39 is 0 Å². The Balaban J connectivity index is 1.46. The van der Waals surface area contributed by atoms with Crippen molar-refractivity contribution < 1.29 is 4.79 Å². The van der Waals surface area contributed by atoms with E-state index >= 15 is 0 Å². The van der Waals surface area contributed by atoms with Crippen LogP contribution in [0.25, 0.3) is 21.3 Å². The van der Waals surface area contributed by atoms with Gasteiger partial charge in [0.1, 0.15) is 22.4 Å². The second-order valence-electron chi connectivity index (χ2n) is 8.40. The van der Waals surface area contributed by atoms with E-state index in [0.717, 1.165) is 53.5 Å². The second kappa shape index (κ2) is 8.58. The molecular weight excluding hydrogens is 452 g/mol. The van der Waals surface area contributed by atoms with Crippen LogP contribution in [0.5, 0.6) is 0 Å². The monoisotopic (exact) mass is 474 g/mol. The number of nitriles is 1. The molecule has 5 rings (SSSR count). The van der Waals surface area contributed by atoms with Gasteiger partial charge in [-0.3, -0.25) is 14.2 Å². The normalized spacial score (nSPS) is 13.0. The molecule has 1 aliphatic carbocycles. The van der Waals surface area contributed by atoms with Crippen molar-refractivity contribution in [3.05, 3.63) is 67.4 Å². The van der Waals surface area contributed by atoms with Crippen molar-refractivity contribution in [1.82, 2.24) is 9.55 Å². The number of aromatic nitrogens is 2. The number of amides is 1. The van der Waals surface area contributed by atoms with Gasteiger partial charge in [0.05, 0.1) is 17.3 Å². The molecular formula is C25H22N4O2S2. The van der Waals surface area contributed by atoms with Gasteiger partial charge in [0.2, 0.25) is 5.91 Å². The highest BCUT2D eigenvalue weighted by Gasteiger charge is 2.22. The summed E-state index contributed by atoms with van der Waals surface area (Å²) in [4.78, 5) is 32.4. The molecule has 0 saturated carbocycles. The molecule has 3 heterocycles. The van der Waals surface area contributed by atoms with E-state index in [-0.39, 0.29) is 18.0 Å². The summed E-state index contributed by atoms with van der Waals surface area (Å²) in [6.07, 6.45) is 5.43. The lowest BCUT2D eigenvalue weighted by Gasteiger charge is -2.09. The molecule has 1 aromatic carbocycles. The molecule has 4 aromatic rings. The van der Waals surface area contributed by atoms with Gasteiger partial charge in [-0.1, -0.05) is 23.8 Å². The SMILES string of the molecule is Cc1ccc(-c2csc3ncn(CC(=O)Nc4sc5c(c4C#N)CCCC5)c(=O)c23)c(C)c1. The molecule has 0 fully saturated rings. The quantitative estimate of drug-likeness (QED) is 0.441. The number of fused-ring (bicyclic) bond motifs is 2. The first-order valence-electron chi connectivity index (χ1n) is 10.8. The second-order valence-corrected chi connectivity index (χ2v) is 10.4. The lowest BCUT2D eigenvalue weighted by molar-refractivity contribution is -0.116. The van der Waals surface area contributed by atoms with E-state index in [4.69, 9.17) is 0 Å². The number of rotatable bonds is 4. The Labute approximate surface area is 199 Å². The average Bonchev–Trinajstić information content (AvgIpc) is 3.37. The number of hydrogen-bond acceptors (Lipinski definition) is 6. The number of benzene rings is 1. The number of carbonyl (C=O) groups excluding carboxylic acids is 1. The van der Waals surface area contributed by atoms with Crippen molar-refractivity contribution in [3.8, 4) is 17.2 Å². The third kappa shape index (κ3) is 3.88. The maximum Gasteiger partial charge on any atom is 0.263 e. The Morgan fingerprint density at radius 3 is 2.85 bits per heavy atom. The lowest BCUT2D eigenvalue weighted by Crippen LogP contribution is -2.27. The average molecular weight is 475 g/mol. The fourth-order valence-corrected chi connectivity index (χ4v) is 6.64. The van der Waals surface area contributed by atoms with Crippen LogP contribution in [0.1, 0.15) is 40.0 Å². The van der Waals surface area contributed by atoms with Gasteiger partial charge in [-0.2, -0.15) is 5.26 Å². The van der Waals surface area contributed by atoms with Crippen molar-refractivity contribution in [2.45, 2.75) is 46.1 Å². The van der Waals surface area contributed by atoms with Crippen LogP contribution in [0.15, 0.2) is 34.7 Å². The number of anilines is 1. The van der Waals surface area contributed by atoms with Gasteiger partial charge in [0.25, 0.3) is 5.56 Å². The molecule has 0 atom stereocenters. The first-order chi connectivity index (χ1) is 16.0. The maximum atomic E-state index is 13.3. The molecule has 0 saturated heterocycles. The zero-order valence-electron chi connectivity index (χ0n) is 18.4. The summed E-state index contributed by atoms with van der Waals surface area (Å²) in [6.45, 7) is 3.91. The molecule has 1 amide bonds. The summed E-state index contributed by atoms with van der Waals surface area (Å²) in [6, 6.07) is 8.40. The predicted octanol–water partition coefficient (Wildman–Crippen LogP) is 5.19. The van der Waals surface area contributed by atoms with Gasteiger partial charge >= 0.3 is 0 Å². The van der Waals surface area contributed by atoms with Crippen LogP contribution in [0.3, 0.4) is 0 Å². The number of thiophene rings is 2. The Kier molecular flexibility index (Phi) is 5.60. The van der Waals surface area contributed by atoms with Crippen LogP contribution >= 0.6 is 22.7 Å². The Morgan fingerprint density at radius 1 is 1.24 bits per heavy atom. The molecule has 3 aromatic heterocycles. The first-order valence-corrected chi connectivity index (χ1v) is 12.5. The van der Waals surface area contributed by atoms with Crippen LogP contribution in [0, 0.1) is 25.2 Å². The van der Waals surface area contributed by atoms with Crippen LogP contribution in [0.4, 0.5) is 5.00 Å². The van der Waals surface area contributed by atoms with E-state index in [2.05, 4.69) is 22.4 Å². The van der Waals surface area contributed by atoms with Gasteiger partial charge in [0, 0.05) is 15.8 Å². The summed E-state index contributed by atoms with van der Waals surface area (Å²) >= 11 is 2.91. The molecule has 166 valence electrons. The van der Waals surface area contributed by atoms with Crippen LogP contribution in [-0.4, -0.2) is 15.5 Å². The predicted molar refractivity (Wildman–Crippen MR) is 133 cm³/mol. The Morgan fingerprint density at radius 2 is 2.06 bits per heavy atom. The zero-order chi connectivity index (χ0) is 23.1. The molecule has 33 heavy (non-hydrogen) atoms. The van der Waals surface area contributed by atoms with Gasteiger partial charge in [-0.05, 0) is 56.2 Å². The van der Waals surface area contributed by atoms with E-state index in [1.165, 1.54) is 38.4 Å². The van der Waals surface area contributed by atoms with Crippen molar-refractivity contribution in [1.29, 1.82) is 5.26 Å². The van der Waals surface area contributed by atoms with Crippen molar-refractivity contribution in [2.75, 3.05) is 5.32 Å². The van der Waals surface area contributed by atoms with Crippen molar-refractivity contribution in [2.24, 2.45) is 0 Å². The third-order valence-corrected chi connectivity index (χ3v) is 8.18. The minimum atomic E-state index is -0.336. The molecule has 8 heteroatoms. The number of hydrogen-bond donors (Lipinski definition) is 1. The van der Waals surface area contributed by atoms with Gasteiger partial charge in [0.15, 0.2) is 0 Å². The Hall–Kier alpha value is -3.28. The summed E-state index contributed by atoms with van der Waals surface area (Å²) in [5, 5.41) is 15.6. The summed E-state index contributed by atoms with van der Waals surface area (Å²) in [5.41, 5.74) is 5.49. The standard InChI is InChI=1S/C25H22N4O2S2/c1-14-7-8-16(15(2)9-14)19-12-32-24-22(19)25(31)29(13-27-24)11-21(30)28-23-18(10-26)17-5-3-4-6-20(17)33-23/h7-9,12-13H,3-6,11H2,1-2H3,(H,28,30). The smallest absolute Gasteiger partial charge is 0.263 e. The number of nitrogens with one attached hydrogen (secondary N) is 1. The van der Waals surface area contributed by atoms with Crippen molar-refractivity contribution >= 4 is 43.8 Å². The first kappa shape index (κ1) is 21.6. The molecule has 0 aliphatic heterocycles. The minimum absolute atomic E-state index is 0.155. The summed E-state index contributed by atoms with van der Waals surface area (Å²) in [7, 11) is 0. The van der Waals surface area contributed by atoms with E-state index in [1.54, 1.807) is 0 Å². The van der Waals surface area contributed by atoms with Crippen LogP contribution in [-0.2, 0) is 24.2 Å². The molecule has 1 N–H and O–H groups in total. The van der Waals surface area contributed by atoms with Gasteiger partial charge in [-0.25, -0.2) is 4.98 Å². The molecule has 0 bridgehead atoms. The summed E-state index contributed by atoms with van der Waals surface area (Å²) < 4.78 is 1.34. The highest BCUT2D eigenvalue weighted by atomic mass is 32.1. The van der Waals surface area contributed by atoms with Crippen LogP contribution in [0.2, 0.25) is 0 Å². The number of carbonyl (C=O) groups is 1. The zero-order valence-corrected chi connectivity index (χ0v) is 20.0. The van der Waals surface area contributed by atoms with Crippen molar-refractivity contribution in [3.63, 3.8) is 0 Å². The fourth-order valence-electron chi connectivity index (χ4n) is 4.49. The molecule has 0 spiro atoms. The molecule has 0 unspecified atom stereocenters. The topological polar surface area (TPSA) is 87.8 Å². The van der Waals surface area contributed by atoms with E-state index in [9.17, 15) is 14.9 Å². The molecule has 0 radical (unpaired) electrons. The maximum absolute atomic E-state index is 13.3. The highest BCUT2D eigenvalue weighted by molar-refractivity contribution is 7.17. The van der Waals surface area contributed by atoms with Crippen LogP contribution < -0.4 is 10.9 Å².